The van der Waals surface area contributed by atoms with Gasteiger partial charge in [0.2, 0.25) is 0 Å². The topological polar surface area (TPSA) is 32.3 Å². The lowest BCUT2D eigenvalue weighted by molar-refractivity contribution is 0.236. The predicted octanol–water partition coefficient (Wildman–Crippen LogP) is 2.75. The largest absolute Gasteiger partial charge is 0.396 e. The van der Waals surface area contributed by atoms with E-state index < -0.39 is 0 Å². The van der Waals surface area contributed by atoms with E-state index in [-0.39, 0.29) is 12.4 Å². The molecule has 0 bridgehead atoms. The molecule has 0 heterocycles. The monoisotopic (exact) mass is 253 g/mol. The minimum Gasteiger partial charge on any atom is -0.396 e. The van der Waals surface area contributed by atoms with E-state index in [1.54, 1.807) is 0 Å². The maximum absolute atomic E-state index is 12.8. The summed E-state index contributed by atoms with van der Waals surface area (Å²) in [6.07, 6.45) is 1.64. The maximum atomic E-state index is 12.8. The zero-order chi connectivity index (χ0) is 13.5. The van der Waals surface area contributed by atoms with Crippen LogP contribution in [-0.2, 0) is 6.42 Å². The molecule has 3 heteroatoms. The highest BCUT2D eigenvalue weighted by atomic mass is 19.1. The van der Waals surface area contributed by atoms with Crippen LogP contribution < -0.4 is 5.32 Å². The highest BCUT2D eigenvalue weighted by Gasteiger charge is 2.15. The molecule has 2 unspecified atom stereocenters. The molecule has 1 aromatic rings. The first-order chi connectivity index (χ1) is 8.52. The summed E-state index contributed by atoms with van der Waals surface area (Å²) < 4.78 is 12.8. The van der Waals surface area contributed by atoms with Crippen LogP contribution >= 0.6 is 0 Å². The van der Waals surface area contributed by atoms with Crippen molar-refractivity contribution in [2.45, 2.75) is 45.7 Å². The molecule has 0 amide bonds. The van der Waals surface area contributed by atoms with Crippen LogP contribution in [0.4, 0.5) is 4.39 Å². The van der Waals surface area contributed by atoms with Crippen LogP contribution in [0.2, 0.25) is 0 Å². The van der Waals surface area contributed by atoms with E-state index in [0.717, 1.165) is 18.4 Å². The number of nitrogens with one attached hydrogen (secondary N) is 1. The summed E-state index contributed by atoms with van der Waals surface area (Å²) in [5, 5.41) is 12.6. The highest BCUT2D eigenvalue weighted by Crippen LogP contribution is 2.10. The van der Waals surface area contributed by atoms with Gasteiger partial charge in [0.15, 0.2) is 0 Å². The Morgan fingerprint density at radius 1 is 1.17 bits per heavy atom. The molecular weight excluding hydrogens is 229 g/mol. The van der Waals surface area contributed by atoms with Gasteiger partial charge >= 0.3 is 0 Å². The molecular formula is C15H24FNO. The molecule has 0 fully saturated rings. The van der Waals surface area contributed by atoms with Gasteiger partial charge in [-0.15, -0.1) is 0 Å². The van der Waals surface area contributed by atoms with Crippen LogP contribution in [0.1, 0.15) is 32.8 Å². The van der Waals surface area contributed by atoms with Gasteiger partial charge in [0.1, 0.15) is 5.82 Å². The molecule has 18 heavy (non-hydrogen) atoms. The van der Waals surface area contributed by atoms with Crippen molar-refractivity contribution in [3.05, 3.63) is 35.6 Å². The van der Waals surface area contributed by atoms with E-state index in [9.17, 15) is 4.39 Å². The second kappa shape index (κ2) is 7.49. The van der Waals surface area contributed by atoms with Crippen molar-refractivity contribution in [3.63, 3.8) is 0 Å². The molecule has 0 radical (unpaired) electrons. The molecule has 1 rings (SSSR count). The summed E-state index contributed by atoms with van der Waals surface area (Å²) in [4.78, 5) is 0. The molecule has 1 aromatic carbocycles. The number of benzene rings is 1. The average Bonchev–Trinajstić information content (AvgIpc) is 2.31. The molecule has 0 aliphatic heterocycles. The minimum atomic E-state index is -0.195. The molecule has 0 aliphatic carbocycles. The fourth-order valence-electron chi connectivity index (χ4n) is 2.15. The number of rotatable bonds is 7. The molecule has 0 aliphatic rings. The summed E-state index contributed by atoms with van der Waals surface area (Å²) in [6.45, 7) is 6.63. The van der Waals surface area contributed by atoms with E-state index in [1.165, 1.54) is 12.1 Å². The van der Waals surface area contributed by atoms with Crippen molar-refractivity contribution in [1.82, 2.24) is 5.32 Å². The number of hydrogen-bond acceptors (Lipinski definition) is 2. The van der Waals surface area contributed by atoms with E-state index in [0.29, 0.717) is 18.0 Å². The molecule has 2 nitrogen and oxygen atoms in total. The Hall–Kier alpha value is -0.930. The van der Waals surface area contributed by atoms with E-state index in [4.69, 9.17) is 5.11 Å². The van der Waals surface area contributed by atoms with Crippen LogP contribution in [0.15, 0.2) is 24.3 Å². The number of aliphatic hydroxyl groups excluding tert-OH is 1. The van der Waals surface area contributed by atoms with Crippen molar-refractivity contribution in [3.8, 4) is 0 Å². The molecule has 2 N–H and O–H groups in total. The first-order valence-electron chi connectivity index (χ1n) is 6.64. The first kappa shape index (κ1) is 15.1. The predicted molar refractivity (Wildman–Crippen MR) is 73.0 cm³/mol. The van der Waals surface area contributed by atoms with Gasteiger partial charge in [-0.3, -0.25) is 0 Å². The third-order valence-corrected chi connectivity index (χ3v) is 3.20. The van der Waals surface area contributed by atoms with Gasteiger partial charge in [0.25, 0.3) is 0 Å². The van der Waals surface area contributed by atoms with Gasteiger partial charge in [-0.2, -0.15) is 0 Å². The fourth-order valence-corrected chi connectivity index (χ4v) is 2.15. The molecule has 102 valence electrons. The Labute approximate surface area is 109 Å². The van der Waals surface area contributed by atoms with Gasteiger partial charge in [-0.25, -0.2) is 4.39 Å². The molecule has 0 aromatic heterocycles. The van der Waals surface area contributed by atoms with Gasteiger partial charge < -0.3 is 10.4 Å². The van der Waals surface area contributed by atoms with Crippen molar-refractivity contribution >= 4 is 0 Å². The van der Waals surface area contributed by atoms with Crippen molar-refractivity contribution in [1.29, 1.82) is 0 Å². The molecule has 0 saturated heterocycles. The number of aliphatic hydroxyl groups is 1. The van der Waals surface area contributed by atoms with Crippen LogP contribution in [-0.4, -0.2) is 23.8 Å². The summed E-state index contributed by atoms with van der Waals surface area (Å²) in [6, 6.07) is 7.28. The number of halogens is 1. The van der Waals surface area contributed by atoms with Crippen LogP contribution in [0, 0.1) is 11.7 Å². The summed E-state index contributed by atoms with van der Waals surface area (Å²) in [5.74, 6) is 0.299. The Morgan fingerprint density at radius 3 is 2.28 bits per heavy atom. The SMILES string of the molecule is CC(Cc1ccc(F)cc1)NC(CCO)C(C)C. The standard InChI is InChI=1S/C15H24FNO/c1-11(2)15(8-9-18)17-12(3)10-13-4-6-14(16)7-5-13/h4-7,11-12,15,17-18H,8-10H2,1-3H3. The summed E-state index contributed by atoms with van der Waals surface area (Å²) in [7, 11) is 0. The van der Waals surface area contributed by atoms with Gasteiger partial charge in [-0.05, 0) is 43.4 Å². The third-order valence-electron chi connectivity index (χ3n) is 3.20. The van der Waals surface area contributed by atoms with Crippen molar-refractivity contribution in [2.75, 3.05) is 6.61 Å². The van der Waals surface area contributed by atoms with Crippen LogP contribution in [0.3, 0.4) is 0 Å². The Morgan fingerprint density at radius 2 is 1.78 bits per heavy atom. The first-order valence-corrected chi connectivity index (χ1v) is 6.64. The van der Waals surface area contributed by atoms with E-state index in [2.05, 4.69) is 26.1 Å². The van der Waals surface area contributed by atoms with E-state index in [1.807, 2.05) is 12.1 Å². The Bertz CT molecular complexity index is 337. The second-order valence-electron chi connectivity index (χ2n) is 5.26. The van der Waals surface area contributed by atoms with Gasteiger partial charge in [0, 0.05) is 18.7 Å². The maximum Gasteiger partial charge on any atom is 0.123 e. The van der Waals surface area contributed by atoms with Gasteiger partial charge in [-0.1, -0.05) is 26.0 Å². The summed E-state index contributed by atoms with van der Waals surface area (Å²) >= 11 is 0. The van der Waals surface area contributed by atoms with Gasteiger partial charge in [0.05, 0.1) is 0 Å². The van der Waals surface area contributed by atoms with Crippen molar-refractivity contribution < 1.29 is 9.50 Å². The Balaban J connectivity index is 2.49. The smallest absolute Gasteiger partial charge is 0.123 e. The van der Waals surface area contributed by atoms with Crippen LogP contribution in [0.5, 0.6) is 0 Å². The Kier molecular flexibility index (Phi) is 6.30. The van der Waals surface area contributed by atoms with E-state index >= 15 is 0 Å². The lowest BCUT2D eigenvalue weighted by atomic mass is 9.99. The average molecular weight is 253 g/mol. The minimum absolute atomic E-state index is 0.195. The lowest BCUT2D eigenvalue weighted by Crippen LogP contribution is -2.41. The highest BCUT2D eigenvalue weighted by molar-refractivity contribution is 5.17. The quantitative estimate of drug-likeness (QED) is 0.783. The second-order valence-corrected chi connectivity index (χ2v) is 5.26. The fraction of sp³-hybridized carbons (Fsp3) is 0.600. The third kappa shape index (κ3) is 5.15. The normalized spacial score (nSPS) is 14.8. The zero-order valence-electron chi connectivity index (χ0n) is 11.5. The molecule has 2 atom stereocenters. The van der Waals surface area contributed by atoms with Crippen molar-refractivity contribution in [2.24, 2.45) is 5.92 Å². The van der Waals surface area contributed by atoms with Crippen LogP contribution in [0.25, 0.3) is 0 Å². The summed E-state index contributed by atoms with van der Waals surface area (Å²) in [5.41, 5.74) is 1.13. The number of hydrogen-bond donors (Lipinski definition) is 2. The lowest BCUT2D eigenvalue weighted by Gasteiger charge is -2.26. The molecule has 0 saturated carbocycles. The zero-order valence-corrected chi connectivity index (χ0v) is 11.5. The molecule has 0 spiro atoms.